The molecule has 7 nitrogen and oxygen atoms in total. The molecule has 0 radical (unpaired) electrons. The van der Waals surface area contributed by atoms with Gasteiger partial charge < -0.3 is 15.3 Å². The summed E-state index contributed by atoms with van der Waals surface area (Å²) in [4.78, 5) is 30.4. The number of halogens is 1. The Labute approximate surface area is 190 Å². The summed E-state index contributed by atoms with van der Waals surface area (Å²) in [6.07, 6.45) is -8.14. The number of hydrogen-bond donors (Lipinski definition) is 2. The van der Waals surface area contributed by atoms with Gasteiger partial charge in [-0.2, -0.15) is 0 Å². The molecule has 1 fully saturated rings. The topological polar surface area (TPSA) is 87.5 Å². The van der Waals surface area contributed by atoms with Crippen molar-refractivity contribution >= 4 is 39.2 Å². The Kier molecular flexibility index (Phi) is 2.43. The average molecular weight is 430 g/mol. The Morgan fingerprint density at radius 1 is 1.70 bits per heavy atom. The van der Waals surface area contributed by atoms with E-state index in [-0.39, 0.29) is 9.47 Å². The quantitative estimate of drug-likeness (QED) is 0.737. The molecule has 3 rings (SSSR count). The number of thiazole rings is 1. The second kappa shape index (κ2) is 8.58. The zero-order valence-electron chi connectivity index (χ0n) is 30.8. The zero-order chi connectivity index (χ0) is 34.6. The van der Waals surface area contributed by atoms with Crippen LogP contribution in [0.2, 0.25) is 5.88 Å². The van der Waals surface area contributed by atoms with Gasteiger partial charge in [-0.15, -0.1) is 0 Å². The Balaban J connectivity index is 2.09. The van der Waals surface area contributed by atoms with E-state index in [4.69, 9.17) is 34.9 Å². The maximum Gasteiger partial charge on any atom is 0.268 e. The predicted octanol–water partition coefficient (Wildman–Crippen LogP) is 2.69. The fourth-order valence-electron chi connectivity index (χ4n) is 2.22. The van der Waals surface area contributed by atoms with Crippen LogP contribution >= 0.6 is 22.9 Å². The number of aromatic hydroxyl groups is 1. The molecule has 1 amide bonds. The van der Waals surface area contributed by atoms with Gasteiger partial charge in [0.25, 0.3) is 11.5 Å². The molecule has 0 aliphatic carbocycles. The van der Waals surface area contributed by atoms with E-state index in [9.17, 15) is 14.7 Å². The van der Waals surface area contributed by atoms with E-state index in [0.29, 0.717) is 18.3 Å². The Morgan fingerprint density at radius 3 is 3.30 bits per heavy atom. The number of pyridine rings is 1. The highest BCUT2D eigenvalue weighted by atomic mass is 35.5. The number of nitrogens with one attached hydrogen (secondary N) is 1. The minimum Gasteiger partial charge on any atom is -0.505 e. The first kappa shape index (κ1) is 7.65. The van der Waals surface area contributed by atoms with Crippen LogP contribution in [0.5, 0.6) is 5.75 Å². The molecular weight excluding hydrogens is 388 g/mol. The van der Waals surface area contributed by atoms with E-state index < -0.39 is 107 Å². The number of piperidine rings is 1. The molecule has 3 heterocycles. The fourth-order valence-corrected chi connectivity index (χ4v) is 3.26. The Bertz CT molecular complexity index is 1520. The summed E-state index contributed by atoms with van der Waals surface area (Å²) in [5.74, 6) is -6.13. The lowest BCUT2D eigenvalue weighted by molar-refractivity contribution is 0.0945. The molecule has 1 aliphatic rings. The van der Waals surface area contributed by atoms with Crippen LogP contribution in [0.1, 0.15) is 65.2 Å². The second-order valence-electron chi connectivity index (χ2n) is 5.17. The van der Waals surface area contributed by atoms with Crippen LogP contribution in [-0.2, 0) is 6.50 Å². The zero-order valence-corrected chi connectivity index (χ0v) is 15.3. The summed E-state index contributed by atoms with van der Waals surface area (Å²) in [5.41, 5.74) is -4.03. The first-order valence-corrected chi connectivity index (χ1v) is 8.61. The third-order valence-electron chi connectivity index (χ3n) is 3.36. The molecule has 2 aromatic rings. The van der Waals surface area contributed by atoms with Crippen molar-refractivity contribution in [1.29, 1.82) is 0 Å². The molecule has 9 heteroatoms. The molecule has 1 unspecified atom stereocenters. The van der Waals surface area contributed by atoms with Crippen molar-refractivity contribution in [3.63, 3.8) is 0 Å². The van der Waals surface area contributed by atoms with Crippen LogP contribution in [0.3, 0.4) is 0 Å². The van der Waals surface area contributed by atoms with Gasteiger partial charge in [-0.1, -0.05) is 29.9 Å². The van der Waals surface area contributed by atoms with E-state index in [1.165, 1.54) is 0 Å². The van der Waals surface area contributed by atoms with Crippen molar-refractivity contribution in [2.45, 2.75) is 39.4 Å². The first-order valence-electron chi connectivity index (χ1n) is 15.9. The number of nitrogens with zero attached hydrogens (tertiary/aromatic N) is 3. The lowest BCUT2D eigenvalue weighted by Gasteiger charge is -2.30. The summed E-state index contributed by atoms with van der Waals surface area (Å²) in [5, 5.41) is 10.2. The molecule has 0 spiro atoms. The fraction of sp³-hybridized carbons (Fsp3) is 0.611. The summed E-state index contributed by atoms with van der Waals surface area (Å²) in [6.45, 7) is -17.6. The highest BCUT2D eigenvalue weighted by Gasteiger charge is 2.24. The van der Waals surface area contributed by atoms with E-state index in [1.807, 2.05) is 0 Å². The predicted molar refractivity (Wildman–Crippen MR) is 108 cm³/mol. The summed E-state index contributed by atoms with van der Waals surface area (Å²) in [6, 6.07) is 0. The molecule has 2 aromatic heterocycles. The van der Waals surface area contributed by atoms with Crippen molar-refractivity contribution in [2.24, 2.45) is 5.89 Å². The van der Waals surface area contributed by atoms with Crippen molar-refractivity contribution in [2.75, 3.05) is 26.0 Å². The molecule has 0 bridgehead atoms. The number of carbonyl (C=O) groups excluding carboxylic acids is 1. The molecule has 0 aromatic carbocycles. The highest BCUT2D eigenvalue weighted by Crippen LogP contribution is 2.33. The number of rotatable bonds is 6. The van der Waals surface area contributed by atoms with Crippen molar-refractivity contribution in [1.82, 2.24) is 19.8 Å². The third-order valence-corrected chi connectivity index (χ3v) is 4.52. The number of amides is 1. The maximum absolute atomic E-state index is 13.3. The van der Waals surface area contributed by atoms with Crippen molar-refractivity contribution in [3.05, 3.63) is 20.4 Å². The number of aryl methyl sites for hydroxylation is 1. The molecule has 148 valence electrons. The molecule has 27 heavy (non-hydrogen) atoms. The van der Waals surface area contributed by atoms with E-state index in [2.05, 4.69) is 4.98 Å². The monoisotopic (exact) mass is 429 g/mol. The lowest BCUT2D eigenvalue weighted by Crippen LogP contribution is -2.37. The number of hydrogen-bond acceptors (Lipinski definition) is 6. The third kappa shape index (κ3) is 4.28. The summed E-state index contributed by atoms with van der Waals surface area (Å²) < 4.78 is 136. The van der Waals surface area contributed by atoms with Gasteiger partial charge in [0, 0.05) is 41.4 Å². The van der Waals surface area contributed by atoms with Gasteiger partial charge in [-0.05, 0) is 45.0 Å². The van der Waals surface area contributed by atoms with E-state index in [1.54, 1.807) is 0 Å². The average Bonchev–Trinajstić information content (AvgIpc) is 3.22. The van der Waals surface area contributed by atoms with Crippen LogP contribution in [0.15, 0.2) is 4.79 Å². The second-order valence-corrected chi connectivity index (χ2v) is 6.75. The van der Waals surface area contributed by atoms with Crippen LogP contribution in [0.4, 0.5) is 0 Å². The number of likely N-dealkylation sites (tertiary alicyclic amines) is 1. The van der Waals surface area contributed by atoms with Crippen molar-refractivity contribution in [3.8, 4) is 5.75 Å². The number of carbonyl (C=O) groups is 1. The molecule has 1 atom stereocenters. The van der Waals surface area contributed by atoms with Gasteiger partial charge >= 0.3 is 0 Å². The number of fused-ring (bicyclic) bond motifs is 1. The first-order chi connectivity index (χ1) is 19.4. The minimum atomic E-state index is -3.56. The van der Waals surface area contributed by atoms with Gasteiger partial charge in [0.15, 0.2) is 17.3 Å². The standard InChI is InChI=1S/C18H25ClN4O3S/c1-3-23-15-14(27-18(19)21-15)13(24)12(17(23)26)16(25)20-7-5-9-22-8-4-6-11(2)10-22/h11,24H,3-10H2,1-2H3,(H,20,25)/i1D3,3D2,4D2,6D2,7D2,8D2,10D2,11D/hD. The van der Waals surface area contributed by atoms with Gasteiger partial charge in [0.2, 0.25) is 0 Å². The van der Waals surface area contributed by atoms with Crippen LogP contribution in [0.25, 0.3) is 10.3 Å². The molecule has 1 saturated heterocycles. The number of aromatic nitrogens is 2. The summed E-state index contributed by atoms with van der Waals surface area (Å²) in [7, 11) is 0. The van der Waals surface area contributed by atoms with Crippen LogP contribution in [0, 0.1) is 5.89 Å². The lowest BCUT2D eigenvalue weighted by atomic mass is 10.0. The van der Waals surface area contributed by atoms with Gasteiger partial charge in [0.1, 0.15) is 10.3 Å². The van der Waals surface area contributed by atoms with Crippen molar-refractivity contribution < 1.29 is 33.2 Å². The highest BCUT2D eigenvalue weighted by molar-refractivity contribution is 7.22. The van der Waals surface area contributed by atoms with E-state index >= 15 is 0 Å². The Hall–Kier alpha value is -1.64. The smallest absolute Gasteiger partial charge is 0.268 e. The molecule has 0 saturated carbocycles. The SMILES string of the molecule is [2H]N(C(=O)c1c(O)c2sc(Cl)nc2n(C([2H])([2H])C([2H])([2H])[2H])c1=O)C([2H])([2H])CCN1C([2H])([2H])C([2H])([2H])C([2H])([2H])C([2H])(C)C1([2H])[2H]. The van der Waals surface area contributed by atoms with Gasteiger partial charge in [-0.25, -0.2) is 4.98 Å². The molecule has 2 N–H and O–H groups in total. The maximum atomic E-state index is 13.3. The normalized spacial score (nSPS) is 39.1. The van der Waals surface area contributed by atoms with E-state index in [0.717, 1.165) is 0 Å². The van der Waals surface area contributed by atoms with Crippen LogP contribution in [-0.4, -0.2) is 51.5 Å². The molecular formula is C18H25ClN4O3S. The molecule has 1 aliphatic heterocycles. The van der Waals surface area contributed by atoms with Gasteiger partial charge in [0.05, 0.1) is 0 Å². The largest absolute Gasteiger partial charge is 0.505 e. The summed E-state index contributed by atoms with van der Waals surface area (Å²) >= 11 is 6.23. The van der Waals surface area contributed by atoms with Gasteiger partial charge in [-0.3, -0.25) is 14.2 Å². The minimum absolute atomic E-state index is 0.0607. The van der Waals surface area contributed by atoms with Crippen LogP contribution < -0.4 is 10.9 Å². The Morgan fingerprint density at radius 2 is 2.52 bits per heavy atom.